The van der Waals surface area contributed by atoms with Gasteiger partial charge in [0.1, 0.15) is 91.6 Å². The van der Waals surface area contributed by atoms with Crippen LogP contribution in [0.2, 0.25) is 0 Å². The maximum atomic E-state index is 13.4. The van der Waals surface area contributed by atoms with Crippen LogP contribution in [-0.2, 0) is 281 Å². The zero-order valence-corrected chi connectivity index (χ0v) is 73.4. The number of ether oxygens (including phenoxy) is 10. The quantitative estimate of drug-likeness (QED) is 0.0252. The van der Waals surface area contributed by atoms with Crippen molar-refractivity contribution in [1.82, 2.24) is 0 Å². The lowest BCUT2D eigenvalue weighted by atomic mass is 9.89. The Bertz CT molecular complexity index is 5780. The van der Waals surface area contributed by atoms with Crippen LogP contribution in [0.5, 0.6) is 0 Å². The predicted octanol–water partition coefficient (Wildman–Crippen LogP) is -12.1. The fourth-order valence-electron chi connectivity index (χ4n) is 11.9. The van der Waals surface area contributed by atoms with Crippen molar-refractivity contribution in [2.75, 3.05) is 33.0 Å². The third kappa shape index (κ3) is 40.4. The first-order valence-electron chi connectivity index (χ1n) is 31.6. The molecule has 0 aromatic rings. The number of rotatable bonds is 47. The molecular formula is C37H64O74S16. The Balaban J connectivity index is 1.80. The van der Waals surface area contributed by atoms with Crippen LogP contribution in [-0.4, -0.2) is 400 Å². The van der Waals surface area contributed by atoms with E-state index in [1.54, 1.807) is 6.92 Å². The molecule has 0 radical (unpaired) electrons. The summed E-state index contributed by atoms with van der Waals surface area (Å²) in [7, 11) is -106. The van der Waals surface area contributed by atoms with Crippen LogP contribution in [0.4, 0.5) is 0 Å². The summed E-state index contributed by atoms with van der Waals surface area (Å²) in [6, 6.07) is 0. The van der Waals surface area contributed by atoms with Crippen LogP contribution in [0.3, 0.4) is 0 Å². The summed E-state index contributed by atoms with van der Waals surface area (Å²) in [5, 5.41) is 0. The van der Waals surface area contributed by atoms with E-state index in [0.29, 0.717) is 0 Å². The Morgan fingerprint density at radius 1 is 0.189 bits per heavy atom. The molecule has 1 unspecified atom stereocenters. The minimum Gasteiger partial charge on any atom is -0.347 e. The van der Waals surface area contributed by atoms with Gasteiger partial charge in [0.15, 0.2) is 62.0 Å². The van der Waals surface area contributed by atoms with Crippen LogP contribution in [0, 0.1) is 5.92 Å². The summed E-state index contributed by atoms with van der Waals surface area (Å²) in [4.78, 5) is 0. The lowest BCUT2D eigenvalue weighted by Crippen LogP contribution is -2.70. The van der Waals surface area contributed by atoms with Crippen LogP contribution in [0.15, 0.2) is 0 Å². The molecule has 5 aliphatic heterocycles. The van der Waals surface area contributed by atoms with Gasteiger partial charge in [-0.15, -0.1) is 0 Å². The summed E-state index contributed by atoms with van der Waals surface area (Å²) in [5.41, 5.74) is 0. The third-order valence-corrected chi connectivity index (χ3v) is 23.2. The lowest BCUT2D eigenvalue weighted by molar-refractivity contribution is -0.386. The summed E-state index contributed by atoms with van der Waals surface area (Å²) in [6.45, 7) is -10.3. The smallest absolute Gasteiger partial charge is 0.347 e. The van der Waals surface area contributed by atoms with Crippen molar-refractivity contribution in [1.29, 1.82) is 0 Å². The highest BCUT2D eigenvalue weighted by Crippen LogP contribution is 2.44. The molecule has 0 amide bonds. The topological polar surface area (TPSA) is 1110 Å². The standard InChI is InChI=1S/C37H64O74S16/c1-11-2-4-12(5-3-11)91-33-28(107-123(71,72)73)23(18(101-117(53,54)55)13(92-33)6-86-112(38,39)40)97-34-29(108-124(74,75)76)24(19(102-118(56,57)58)14(93-34)7-87-113(41,42)43)98-35-30(109-125(77,78)79)25(20(103-119(59,60)61)15(94-35)8-88-114(44,45)46)99-36-31(110-126(80,81)82)26(21(104-120(62,63)64)16(95-36)9-89-115(47,48)49)100-37-32(111-127(83,84)85)27(106-122(68,69)70)22(105-121(65,66)67)17(96-37)10-90-116(50,51)52/h11-37H,2-10H2,1H3,(H,38,39,40)(H,41,42,43)(H,44,45,46)(H,47,48,49)(H,50,51,52)(H,53,54,55)(H,56,57,58)(H,59,60,61)(H,62,63,64)(H,65,66,67)(H,68,69,70)(H,71,72,73)(H,74,75,76)(H,77,78,79)(H,80,81,82)(H,83,84,85)/t11?,12?,13-,14-,15-,16-,17-,18-,19-,20-,21-,22-,23+,24+,25+,26+,27+,28-,29-,30-,31-,32-,33?,34+,35+,36+,37+/m1/s1. The molecule has 5 saturated heterocycles. The molecule has 90 heteroatoms. The Morgan fingerprint density at radius 2 is 0.331 bits per heavy atom. The summed E-state index contributed by atoms with van der Waals surface area (Å²) >= 11 is 0. The van der Waals surface area contributed by atoms with Gasteiger partial charge < -0.3 is 47.4 Å². The Labute approximate surface area is 714 Å². The molecular weight excluding hydrogens is 2140 g/mol. The molecule has 25 atom stereocenters. The van der Waals surface area contributed by atoms with E-state index in [4.69, 9.17) is 47.4 Å². The van der Waals surface area contributed by atoms with Gasteiger partial charge in [-0.1, -0.05) is 6.92 Å². The normalized spacial score (nSPS) is 34.1. The third-order valence-electron chi connectivity index (χ3n) is 15.9. The highest BCUT2D eigenvalue weighted by atomic mass is 32.3. The van der Waals surface area contributed by atoms with Crippen LogP contribution in [0.1, 0.15) is 32.6 Å². The summed E-state index contributed by atoms with van der Waals surface area (Å²) < 4.78 is 690. The fourth-order valence-corrected chi connectivity index (χ4v) is 18.9. The molecule has 1 aliphatic carbocycles. The van der Waals surface area contributed by atoms with E-state index in [-0.39, 0.29) is 31.6 Å². The molecule has 16 N–H and O–H groups in total. The van der Waals surface area contributed by atoms with Crippen molar-refractivity contribution in [2.24, 2.45) is 5.92 Å². The molecule has 6 aliphatic rings. The second-order valence-corrected chi connectivity index (χ2v) is 42.1. The number of hydrogen-bond acceptors (Lipinski definition) is 58. The van der Waals surface area contributed by atoms with Gasteiger partial charge in [0, 0.05) is 0 Å². The Hall–Kier alpha value is -2.48. The Morgan fingerprint density at radius 3 is 0.496 bits per heavy atom. The average Bonchev–Trinajstić information content (AvgIpc) is 0.746. The van der Waals surface area contributed by atoms with Crippen molar-refractivity contribution in [2.45, 2.75) is 192 Å². The minimum atomic E-state index is -7.12. The molecule has 5 heterocycles. The minimum absolute atomic E-state index is 0.124. The molecule has 0 aromatic carbocycles. The van der Waals surface area contributed by atoms with Gasteiger partial charge in [-0.2, -0.15) is 135 Å². The van der Waals surface area contributed by atoms with Crippen molar-refractivity contribution >= 4 is 166 Å². The second-order valence-electron chi connectivity index (χ2n) is 25.1. The average molecular weight is 2210 g/mol. The molecule has 1 saturated carbocycles. The van der Waals surface area contributed by atoms with E-state index in [1.807, 2.05) is 0 Å². The Kier molecular flexibility index (Phi) is 37.7. The van der Waals surface area contributed by atoms with Crippen molar-refractivity contribution in [3.8, 4) is 0 Å². The van der Waals surface area contributed by atoms with Crippen LogP contribution < -0.4 is 0 Å². The molecule has 0 spiro atoms. The maximum absolute atomic E-state index is 13.4. The van der Waals surface area contributed by atoms with E-state index in [1.165, 1.54) is 0 Å². The highest BCUT2D eigenvalue weighted by molar-refractivity contribution is 7.84. The zero-order valence-electron chi connectivity index (χ0n) is 60.3. The van der Waals surface area contributed by atoms with E-state index < -0.39 is 359 Å². The van der Waals surface area contributed by atoms with E-state index in [9.17, 15) is 208 Å². The van der Waals surface area contributed by atoms with Gasteiger partial charge in [0.25, 0.3) is 0 Å². The molecule has 752 valence electrons. The molecule has 0 bridgehead atoms. The maximum Gasteiger partial charge on any atom is 0.397 e. The second kappa shape index (κ2) is 42.2. The van der Waals surface area contributed by atoms with Gasteiger partial charge in [0.2, 0.25) is 0 Å². The largest absolute Gasteiger partial charge is 0.397 e. The fraction of sp³-hybridized carbons (Fsp3) is 1.00. The molecule has 0 aromatic heterocycles. The van der Waals surface area contributed by atoms with Crippen LogP contribution >= 0.6 is 0 Å². The van der Waals surface area contributed by atoms with Gasteiger partial charge >= 0.3 is 166 Å². The SMILES string of the molecule is CC1CCC(OC2O[C@H](COS(=O)(=O)O)[C@@H](OS(=O)(=O)O)[C@H](O[C@@H]3O[C@H](COS(=O)(=O)O)[C@@H](OS(=O)(=O)O)[C@H](O[C@@H]4O[C@H](COS(=O)(=O)O)[C@@H](OS(=O)(=O)O)[C@H](O[C@@H]5O[C@H](COS(=O)(=O)O)[C@@H](OS(=O)(=O)O)[C@H](O[C@@H]6O[C@H](COS(=O)(=O)O)[C@@H](OS(=O)(=O)O)[C@H](OS(=O)(=O)O)[C@H]6OS(=O)(=O)O)[C@H]5OS(=O)(=O)O)[C@H]4OS(=O)(=O)O)[C@H]3OS(=O)(=O)O)[C@H]2OS(=O)(=O)O)CC1. The number of hydrogen-bond donors (Lipinski definition) is 16. The van der Waals surface area contributed by atoms with Crippen molar-refractivity contribution in [3.63, 3.8) is 0 Å². The monoisotopic (exact) mass is 2200 g/mol. The zero-order chi connectivity index (χ0) is 97.3. The molecule has 6 fully saturated rings. The van der Waals surface area contributed by atoms with E-state index in [2.05, 4.69) is 66.9 Å². The van der Waals surface area contributed by atoms with Gasteiger partial charge in [0.05, 0.1) is 39.1 Å². The van der Waals surface area contributed by atoms with Gasteiger partial charge in [-0.05, 0) is 31.6 Å². The van der Waals surface area contributed by atoms with Gasteiger partial charge in [-0.25, -0.2) is 66.9 Å². The first kappa shape index (κ1) is 113. The first-order chi connectivity index (χ1) is 56.7. The van der Waals surface area contributed by atoms with Crippen LogP contribution in [0.25, 0.3) is 0 Å². The summed E-state index contributed by atoms with van der Waals surface area (Å²) in [6.07, 6.45) is -96.8. The van der Waals surface area contributed by atoms with Gasteiger partial charge in [-0.3, -0.25) is 72.8 Å². The highest BCUT2D eigenvalue weighted by Gasteiger charge is 2.65. The summed E-state index contributed by atoms with van der Waals surface area (Å²) in [5.74, 6) is -0.209. The lowest BCUT2D eigenvalue weighted by Gasteiger charge is -2.51. The van der Waals surface area contributed by atoms with Crippen molar-refractivity contribution < 1.29 is 322 Å². The predicted molar refractivity (Wildman–Crippen MR) is 363 cm³/mol. The van der Waals surface area contributed by atoms with E-state index >= 15 is 0 Å². The molecule has 6 rings (SSSR count). The first-order valence-corrected chi connectivity index (χ1v) is 53.4. The van der Waals surface area contributed by atoms with E-state index in [0.717, 1.165) is 0 Å². The molecule has 74 nitrogen and oxygen atoms in total. The molecule has 127 heavy (non-hydrogen) atoms. The van der Waals surface area contributed by atoms with Crippen molar-refractivity contribution in [3.05, 3.63) is 0 Å².